The third kappa shape index (κ3) is 4.19. The molecule has 0 radical (unpaired) electrons. The van der Waals surface area contributed by atoms with Crippen LogP contribution in [0.3, 0.4) is 0 Å². The zero-order valence-electron chi connectivity index (χ0n) is 11.0. The van der Waals surface area contributed by atoms with Gasteiger partial charge in [-0.15, -0.1) is 0 Å². The van der Waals surface area contributed by atoms with Gasteiger partial charge in [0.05, 0.1) is 19.7 Å². The molecule has 0 aliphatic carbocycles. The van der Waals surface area contributed by atoms with E-state index in [-0.39, 0.29) is 30.5 Å². The molecule has 0 saturated heterocycles. The van der Waals surface area contributed by atoms with Gasteiger partial charge in [-0.3, -0.25) is 4.79 Å². The second-order valence-electron chi connectivity index (χ2n) is 5.42. The molecule has 0 bridgehead atoms. The number of aliphatic hydroxyl groups excluding tert-OH is 1. The van der Waals surface area contributed by atoms with Crippen LogP contribution < -0.4 is 9.88 Å². The van der Waals surface area contributed by atoms with Crippen molar-refractivity contribution in [1.82, 2.24) is 9.88 Å². The first-order valence-electron chi connectivity index (χ1n) is 5.74. The van der Waals surface area contributed by atoms with Gasteiger partial charge in [0, 0.05) is 0 Å². The lowest BCUT2D eigenvalue weighted by Gasteiger charge is -2.29. The van der Waals surface area contributed by atoms with E-state index in [9.17, 15) is 9.90 Å². The van der Waals surface area contributed by atoms with E-state index >= 15 is 0 Å². The van der Waals surface area contributed by atoms with Crippen LogP contribution in [0.5, 0.6) is 0 Å². The summed E-state index contributed by atoms with van der Waals surface area (Å²) in [5, 5.41) is 12.1. The number of carbonyl (C=O) groups is 1. The van der Waals surface area contributed by atoms with Crippen molar-refractivity contribution in [2.75, 3.05) is 6.61 Å². The van der Waals surface area contributed by atoms with E-state index < -0.39 is 0 Å². The number of imidazole rings is 1. The van der Waals surface area contributed by atoms with Crippen LogP contribution in [0.4, 0.5) is 0 Å². The molecule has 5 nitrogen and oxygen atoms in total. The van der Waals surface area contributed by atoms with Gasteiger partial charge in [-0.25, -0.2) is 9.13 Å². The molecule has 1 aromatic rings. The predicted molar refractivity (Wildman–Crippen MR) is 64.1 cm³/mol. The monoisotopic (exact) mass is 240 g/mol. The number of rotatable bonds is 4. The smallest absolute Gasteiger partial charge is 0.262 e. The average molecular weight is 240 g/mol. The van der Waals surface area contributed by atoms with Crippen LogP contribution in [0.2, 0.25) is 0 Å². The van der Waals surface area contributed by atoms with Crippen molar-refractivity contribution in [1.29, 1.82) is 0 Å². The highest BCUT2D eigenvalue weighted by atomic mass is 16.3. The second-order valence-corrected chi connectivity index (χ2v) is 5.42. The molecule has 0 aliphatic heterocycles. The van der Waals surface area contributed by atoms with Crippen molar-refractivity contribution < 1.29 is 14.5 Å². The minimum atomic E-state index is -0.223. The summed E-state index contributed by atoms with van der Waals surface area (Å²) in [6, 6.07) is -0.223. The molecule has 0 aliphatic rings. The predicted octanol–water partition coefficient (Wildman–Crippen LogP) is -0.164. The zero-order chi connectivity index (χ0) is 13.1. The van der Waals surface area contributed by atoms with E-state index in [1.165, 1.54) is 0 Å². The first kappa shape index (κ1) is 13.7. The molecule has 0 saturated carbocycles. The molecule has 0 unspecified atom stereocenters. The van der Waals surface area contributed by atoms with Crippen molar-refractivity contribution in [3.63, 3.8) is 0 Å². The van der Waals surface area contributed by atoms with Crippen molar-refractivity contribution in [2.24, 2.45) is 12.5 Å². The van der Waals surface area contributed by atoms with E-state index in [1.54, 1.807) is 4.57 Å². The van der Waals surface area contributed by atoms with Gasteiger partial charge in [-0.1, -0.05) is 20.8 Å². The molecule has 0 spiro atoms. The molecule has 0 aromatic carbocycles. The molecule has 1 heterocycles. The van der Waals surface area contributed by atoms with Crippen LogP contribution in [0, 0.1) is 5.41 Å². The molecule has 17 heavy (non-hydrogen) atoms. The van der Waals surface area contributed by atoms with Crippen LogP contribution in [-0.4, -0.2) is 28.2 Å². The molecule has 0 fully saturated rings. The normalized spacial score (nSPS) is 13.5. The quantitative estimate of drug-likeness (QED) is 0.718. The number of hydrogen-bond donors (Lipinski definition) is 2. The molecule has 5 heteroatoms. The van der Waals surface area contributed by atoms with E-state index in [2.05, 4.69) is 5.32 Å². The largest absolute Gasteiger partial charge is 0.394 e. The van der Waals surface area contributed by atoms with Crippen molar-refractivity contribution in [3.8, 4) is 0 Å². The highest BCUT2D eigenvalue weighted by Gasteiger charge is 2.25. The second kappa shape index (κ2) is 5.31. The number of hydrogen-bond acceptors (Lipinski definition) is 2. The maximum absolute atomic E-state index is 11.8. The highest BCUT2D eigenvalue weighted by molar-refractivity contribution is 5.76. The minimum Gasteiger partial charge on any atom is -0.394 e. The lowest BCUT2D eigenvalue weighted by Crippen LogP contribution is -2.47. The fourth-order valence-electron chi connectivity index (χ4n) is 1.54. The van der Waals surface area contributed by atoms with Crippen molar-refractivity contribution >= 4 is 5.91 Å². The summed E-state index contributed by atoms with van der Waals surface area (Å²) in [7, 11) is 1.90. The van der Waals surface area contributed by atoms with Gasteiger partial charge in [0.25, 0.3) is 5.91 Å². The third-order valence-corrected chi connectivity index (χ3v) is 2.71. The Kier molecular flexibility index (Phi) is 4.28. The van der Waals surface area contributed by atoms with Gasteiger partial charge < -0.3 is 10.4 Å². The molecular formula is C12H22N3O2+. The summed E-state index contributed by atoms with van der Waals surface area (Å²) >= 11 is 0. The highest BCUT2D eigenvalue weighted by Crippen LogP contribution is 2.18. The van der Waals surface area contributed by atoms with Crippen molar-refractivity contribution in [2.45, 2.75) is 33.4 Å². The molecule has 1 amide bonds. The standard InChI is InChI=1S/C12H21N3O2/c1-12(2,3)10(8-16)13-11(17)7-15-6-5-14(4)9-15/h5-6,9-10,16H,7-8H2,1-4H3/p+1/t10-/m1/s1. The first-order chi connectivity index (χ1) is 7.82. The zero-order valence-corrected chi connectivity index (χ0v) is 11.0. The van der Waals surface area contributed by atoms with Crippen LogP contribution in [0.25, 0.3) is 0 Å². The van der Waals surface area contributed by atoms with E-state index in [1.807, 2.05) is 51.1 Å². The number of aromatic nitrogens is 2. The minimum absolute atomic E-state index is 0.0469. The Balaban J connectivity index is 2.54. The molecule has 2 N–H and O–H groups in total. The SMILES string of the molecule is C[n+]1ccn(CC(=O)N[C@H](CO)C(C)(C)C)c1. The van der Waals surface area contributed by atoms with Gasteiger partial charge >= 0.3 is 0 Å². The van der Waals surface area contributed by atoms with Gasteiger partial charge in [-0.05, 0) is 5.41 Å². The van der Waals surface area contributed by atoms with Gasteiger partial charge in [0.1, 0.15) is 12.4 Å². The Labute approximate surface area is 102 Å². The fraction of sp³-hybridized carbons (Fsp3) is 0.667. The number of nitrogens with one attached hydrogen (secondary N) is 1. The molecule has 1 atom stereocenters. The Morgan fingerprint density at radius 3 is 2.59 bits per heavy atom. The van der Waals surface area contributed by atoms with Gasteiger partial charge in [-0.2, -0.15) is 0 Å². The number of nitrogens with zero attached hydrogens (tertiary/aromatic N) is 2. The van der Waals surface area contributed by atoms with Crippen LogP contribution in [0.1, 0.15) is 20.8 Å². The van der Waals surface area contributed by atoms with E-state index in [0.29, 0.717) is 0 Å². The number of aliphatic hydroxyl groups is 1. The maximum atomic E-state index is 11.8. The Bertz CT molecular complexity index is 379. The Morgan fingerprint density at radius 1 is 1.53 bits per heavy atom. The van der Waals surface area contributed by atoms with Gasteiger partial charge in [0.15, 0.2) is 6.54 Å². The first-order valence-corrected chi connectivity index (χ1v) is 5.74. The topological polar surface area (TPSA) is 58.1 Å². The van der Waals surface area contributed by atoms with E-state index in [0.717, 1.165) is 0 Å². The molecule has 96 valence electrons. The fourth-order valence-corrected chi connectivity index (χ4v) is 1.54. The summed E-state index contributed by atoms with van der Waals surface area (Å²) < 4.78 is 3.67. The lowest BCUT2D eigenvalue weighted by molar-refractivity contribution is -0.671. The summed E-state index contributed by atoms with van der Waals surface area (Å²) in [5.41, 5.74) is -0.147. The average Bonchev–Trinajstić information content (AvgIpc) is 2.58. The number of aryl methyl sites for hydroxylation is 1. The summed E-state index contributed by atoms with van der Waals surface area (Å²) in [4.78, 5) is 11.8. The van der Waals surface area contributed by atoms with Crippen LogP contribution in [0.15, 0.2) is 18.7 Å². The number of carbonyl (C=O) groups excluding carboxylic acids is 1. The maximum Gasteiger partial charge on any atom is 0.262 e. The van der Waals surface area contributed by atoms with Crippen LogP contribution >= 0.6 is 0 Å². The van der Waals surface area contributed by atoms with E-state index in [4.69, 9.17) is 0 Å². The molecule has 1 aromatic heterocycles. The Morgan fingerprint density at radius 2 is 2.18 bits per heavy atom. The summed E-state index contributed by atoms with van der Waals surface area (Å²) in [6.07, 6.45) is 5.55. The Hall–Kier alpha value is -1.36. The third-order valence-electron chi connectivity index (χ3n) is 2.71. The summed E-state index contributed by atoms with van der Waals surface area (Å²) in [5.74, 6) is -0.0878. The molecular weight excluding hydrogens is 218 g/mol. The lowest BCUT2D eigenvalue weighted by atomic mass is 9.87. The summed E-state index contributed by atoms with van der Waals surface area (Å²) in [6.45, 7) is 6.19. The van der Waals surface area contributed by atoms with Crippen molar-refractivity contribution in [3.05, 3.63) is 18.7 Å². The number of amides is 1. The molecule has 1 rings (SSSR count). The van der Waals surface area contributed by atoms with Gasteiger partial charge in [0.2, 0.25) is 6.33 Å². The van der Waals surface area contributed by atoms with Crippen LogP contribution in [-0.2, 0) is 18.4 Å².